The Hall–Kier alpha value is -0.640. The molecule has 0 amide bonds. The predicted molar refractivity (Wildman–Crippen MR) is 23.6 cm³/mol. The van der Waals surface area contributed by atoms with Gasteiger partial charge in [0.05, 0.1) is 0 Å². The van der Waals surface area contributed by atoms with Crippen LogP contribution in [-0.4, -0.2) is 11.6 Å². The summed E-state index contributed by atoms with van der Waals surface area (Å²) in [5, 5.41) is -0.301. The van der Waals surface area contributed by atoms with Crippen molar-refractivity contribution in [1.29, 1.82) is 0 Å². The second kappa shape index (κ2) is 2.59. The summed E-state index contributed by atoms with van der Waals surface area (Å²) >= 11 is 4.09. The van der Waals surface area contributed by atoms with E-state index in [-0.39, 0.29) is 5.17 Å². The minimum Gasteiger partial charge on any atom is -0.391 e. The third-order valence-corrected chi connectivity index (χ3v) is 0.226. The molecule has 0 atom stereocenters. The van der Waals surface area contributed by atoms with Crippen molar-refractivity contribution in [2.75, 3.05) is 0 Å². The fourth-order valence-electron chi connectivity index (χ4n) is 0.0411. The van der Waals surface area contributed by atoms with Crippen LogP contribution in [0.5, 0.6) is 0 Å². The number of thiocarbonyl (C=S) groups is 1. The number of rotatable bonds is 1. The molecule has 0 rings (SSSR count). The van der Waals surface area contributed by atoms with Gasteiger partial charge in [-0.3, -0.25) is 0 Å². The highest BCUT2D eigenvalue weighted by Gasteiger charge is 1.79. The van der Waals surface area contributed by atoms with E-state index in [1.807, 2.05) is 0 Å². The van der Waals surface area contributed by atoms with Crippen molar-refractivity contribution in [2.24, 2.45) is 5.73 Å². The smallest absolute Gasteiger partial charge is 0.391 e. The fourth-order valence-corrected chi connectivity index (χ4v) is 0.0751. The quantitative estimate of drug-likeness (QED) is 0.447. The lowest BCUT2D eigenvalue weighted by molar-refractivity contribution is 0.440. The van der Waals surface area contributed by atoms with Crippen LogP contribution >= 0.6 is 12.2 Å². The maximum Gasteiger partial charge on any atom is 0.425 e. The molecule has 0 aromatic carbocycles. The van der Waals surface area contributed by atoms with Gasteiger partial charge in [0.25, 0.3) is 5.17 Å². The molecule has 0 aliphatic rings. The SMILES string of the molecule is NC(=S)O[C]=O. The number of hydrogen-bond donors (Lipinski definition) is 1. The van der Waals surface area contributed by atoms with Crippen molar-refractivity contribution in [1.82, 2.24) is 0 Å². The van der Waals surface area contributed by atoms with Crippen LogP contribution in [0.3, 0.4) is 0 Å². The van der Waals surface area contributed by atoms with Crippen molar-refractivity contribution < 1.29 is 9.53 Å². The van der Waals surface area contributed by atoms with Crippen LogP contribution in [0.15, 0.2) is 0 Å². The zero-order valence-electron chi connectivity index (χ0n) is 2.80. The van der Waals surface area contributed by atoms with Crippen molar-refractivity contribution in [3.63, 3.8) is 0 Å². The minimum atomic E-state index is -0.301. The van der Waals surface area contributed by atoms with Gasteiger partial charge in [-0.05, 0) is 12.2 Å². The summed E-state index contributed by atoms with van der Waals surface area (Å²) in [6.07, 6.45) is 0. The van der Waals surface area contributed by atoms with Gasteiger partial charge in [0.1, 0.15) is 0 Å². The molecule has 0 bridgehead atoms. The summed E-state index contributed by atoms with van der Waals surface area (Å²) < 4.78 is 3.75. The van der Waals surface area contributed by atoms with Crippen molar-refractivity contribution in [2.45, 2.75) is 0 Å². The molecule has 0 aliphatic heterocycles. The van der Waals surface area contributed by atoms with Gasteiger partial charge in [0.2, 0.25) is 0 Å². The molecule has 0 aromatic rings. The van der Waals surface area contributed by atoms with Gasteiger partial charge in [-0.25, -0.2) is 4.79 Å². The Balaban J connectivity index is 3.05. The Morgan fingerprint density at radius 2 is 2.50 bits per heavy atom. The largest absolute Gasteiger partial charge is 0.425 e. The number of nitrogens with two attached hydrogens (primary N) is 1. The third kappa shape index (κ3) is 3.36. The second-order valence-electron chi connectivity index (χ2n) is 0.504. The highest BCUT2D eigenvalue weighted by molar-refractivity contribution is 7.80. The molecule has 0 spiro atoms. The molecule has 0 unspecified atom stereocenters. The van der Waals surface area contributed by atoms with Crippen LogP contribution in [-0.2, 0) is 9.53 Å². The first-order valence-corrected chi connectivity index (χ1v) is 1.51. The Kier molecular flexibility index (Phi) is 2.31. The Labute approximate surface area is 40.1 Å². The molecule has 0 heterocycles. The van der Waals surface area contributed by atoms with Crippen molar-refractivity contribution in [3.05, 3.63) is 0 Å². The first-order chi connectivity index (χ1) is 2.77. The summed E-state index contributed by atoms with van der Waals surface area (Å²) in [5.41, 5.74) is 4.65. The van der Waals surface area contributed by atoms with E-state index in [2.05, 4.69) is 22.7 Å². The summed E-state index contributed by atoms with van der Waals surface area (Å²) in [4.78, 5) is 9.10. The van der Waals surface area contributed by atoms with Crippen molar-refractivity contribution in [3.8, 4) is 0 Å². The van der Waals surface area contributed by atoms with E-state index < -0.39 is 0 Å². The molecular formula is C2H2NO2S. The molecular weight excluding hydrogens is 102 g/mol. The lowest BCUT2D eigenvalue weighted by Gasteiger charge is -1.81. The van der Waals surface area contributed by atoms with E-state index >= 15 is 0 Å². The highest BCUT2D eigenvalue weighted by atomic mass is 32.1. The van der Waals surface area contributed by atoms with E-state index in [1.54, 1.807) is 0 Å². The standard InChI is InChI=1S/C2H2NO2S/c3-2(6)5-1-4/h(H2,3,6). The predicted octanol–water partition coefficient (Wildman–Crippen LogP) is -0.686. The molecule has 0 aliphatic carbocycles. The summed E-state index contributed by atoms with van der Waals surface area (Å²) in [6.45, 7) is 1.05. The van der Waals surface area contributed by atoms with E-state index in [4.69, 9.17) is 4.79 Å². The maximum absolute atomic E-state index is 9.10. The van der Waals surface area contributed by atoms with Crippen LogP contribution in [0.4, 0.5) is 0 Å². The highest BCUT2D eigenvalue weighted by Crippen LogP contribution is 1.60. The topological polar surface area (TPSA) is 52.3 Å². The average molecular weight is 104 g/mol. The maximum atomic E-state index is 9.10. The van der Waals surface area contributed by atoms with Crippen LogP contribution in [0, 0.1) is 0 Å². The zero-order chi connectivity index (χ0) is 4.99. The molecule has 0 fully saturated rings. The molecule has 4 heteroatoms. The van der Waals surface area contributed by atoms with Gasteiger partial charge in [-0.2, -0.15) is 0 Å². The molecule has 3 nitrogen and oxygen atoms in total. The van der Waals surface area contributed by atoms with Gasteiger partial charge < -0.3 is 10.5 Å². The van der Waals surface area contributed by atoms with Crippen LogP contribution in [0.1, 0.15) is 0 Å². The van der Waals surface area contributed by atoms with E-state index in [9.17, 15) is 0 Å². The van der Waals surface area contributed by atoms with E-state index in [0.717, 1.165) is 6.47 Å². The Morgan fingerprint density at radius 1 is 2.00 bits per heavy atom. The van der Waals surface area contributed by atoms with Gasteiger partial charge in [0, 0.05) is 0 Å². The summed E-state index contributed by atoms with van der Waals surface area (Å²) in [5.74, 6) is 0. The third-order valence-electron chi connectivity index (χ3n) is 0.142. The van der Waals surface area contributed by atoms with Crippen LogP contribution in [0.2, 0.25) is 0 Å². The lowest BCUT2D eigenvalue weighted by Crippen LogP contribution is -2.10. The lowest BCUT2D eigenvalue weighted by atomic mass is 11.3. The van der Waals surface area contributed by atoms with E-state index in [0.29, 0.717) is 0 Å². The second-order valence-corrected chi connectivity index (χ2v) is 0.907. The van der Waals surface area contributed by atoms with Crippen molar-refractivity contribution >= 4 is 23.9 Å². The molecule has 0 saturated carbocycles. The van der Waals surface area contributed by atoms with Gasteiger partial charge in [0.15, 0.2) is 0 Å². The first-order valence-electron chi connectivity index (χ1n) is 1.11. The van der Waals surface area contributed by atoms with Gasteiger partial charge in [-0.15, -0.1) is 0 Å². The van der Waals surface area contributed by atoms with E-state index in [1.165, 1.54) is 0 Å². The molecule has 1 radical (unpaired) electrons. The van der Waals surface area contributed by atoms with Crippen LogP contribution < -0.4 is 5.73 Å². The van der Waals surface area contributed by atoms with Crippen LogP contribution in [0.25, 0.3) is 0 Å². The molecule has 33 valence electrons. The minimum absolute atomic E-state index is 0.301. The monoisotopic (exact) mass is 104 g/mol. The summed E-state index contributed by atoms with van der Waals surface area (Å²) in [7, 11) is 0. The molecule has 2 N–H and O–H groups in total. The Bertz CT molecular complexity index is 71.9. The fraction of sp³-hybridized carbons (Fsp3) is 0. The molecule has 6 heavy (non-hydrogen) atoms. The average Bonchev–Trinajstić information content (AvgIpc) is 1.35. The first kappa shape index (κ1) is 5.36. The normalized spacial score (nSPS) is 6.67. The number of ether oxygens (including phenoxy) is 1. The molecule has 0 saturated heterocycles. The number of carbonyl (C=O) groups excluding carboxylic acids is 1. The molecule has 0 aromatic heterocycles. The number of hydrogen-bond acceptors (Lipinski definition) is 3. The zero-order valence-corrected chi connectivity index (χ0v) is 3.62. The Morgan fingerprint density at radius 3 is 2.50 bits per heavy atom. The summed E-state index contributed by atoms with van der Waals surface area (Å²) in [6, 6.07) is 0. The van der Waals surface area contributed by atoms with Gasteiger partial charge >= 0.3 is 6.47 Å². The van der Waals surface area contributed by atoms with Gasteiger partial charge in [-0.1, -0.05) is 0 Å².